The van der Waals surface area contributed by atoms with E-state index in [0.29, 0.717) is 11.4 Å². The standard InChI is InChI=1S/C12H13N3O2S/c1-18(16,17)12-6-4-10(5-7-12)13-9-11-3-2-8-14-15-11/h2-8,13H,9H2,1H3. The lowest BCUT2D eigenvalue weighted by atomic mass is 10.3. The van der Waals surface area contributed by atoms with Crippen LogP contribution in [0.1, 0.15) is 5.69 Å². The van der Waals surface area contributed by atoms with E-state index >= 15 is 0 Å². The van der Waals surface area contributed by atoms with Crippen molar-refractivity contribution >= 4 is 15.5 Å². The van der Waals surface area contributed by atoms with Crippen LogP contribution in [0.3, 0.4) is 0 Å². The molecular formula is C12H13N3O2S. The Morgan fingerprint density at radius 3 is 2.44 bits per heavy atom. The normalized spacial score (nSPS) is 11.2. The average molecular weight is 263 g/mol. The van der Waals surface area contributed by atoms with Crippen molar-refractivity contribution in [2.45, 2.75) is 11.4 Å². The maximum Gasteiger partial charge on any atom is 0.175 e. The first-order valence-corrected chi connectivity index (χ1v) is 7.25. The van der Waals surface area contributed by atoms with Gasteiger partial charge in [-0.1, -0.05) is 0 Å². The zero-order chi connectivity index (χ0) is 13.0. The topological polar surface area (TPSA) is 72.0 Å². The quantitative estimate of drug-likeness (QED) is 0.905. The van der Waals surface area contributed by atoms with Gasteiger partial charge in [0.25, 0.3) is 0 Å². The fourth-order valence-corrected chi connectivity index (χ4v) is 2.07. The van der Waals surface area contributed by atoms with E-state index in [1.54, 1.807) is 30.5 Å². The summed E-state index contributed by atoms with van der Waals surface area (Å²) in [6, 6.07) is 10.3. The summed E-state index contributed by atoms with van der Waals surface area (Å²) < 4.78 is 22.6. The van der Waals surface area contributed by atoms with E-state index in [1.165, 1.54) is 6.26 Å². The highest BCUT2D eigenvalue weighted by Gasteiger charge is 2.05. The Kier molecular flexibility index (Phi) is 3.57. The predicted molar refractivity (Wildman–Crippen MR) is 68.9 cm³/mol. The van der Waals surface area contributed by atoms with Gasteiger partial charge >= 0.3 is 0 Å². The van der Waals surface area contributed by atoms with Gasteiger partial charge in [0.05, 0.1) is 17.1 Å². The second-order valence-electron chi connectivity index (χ2n) is 3.87. The van der Waals surface area contributed by atoms with Crippen molar-refractivity contribution in [3.05, 3.63) is 48.3 Å². The lowest BCUT2D eigenvalue weighted by Crippen LogP contribution is -2.03. The Morgan fingerprint density at radius 1 is 1.17 bits per heavy atom. The zero-order valence-electron chi connectivity index (χ0n) is 9.87. The minimum absolute atomic E-state index is 0.313. The van der Waals surface area contributed by atoms with Crippen LogP contribution in [-0.4, -0.2) is 24.9 Å². The van der Waals surface area contributed by atoms with Crippen molar-refractivity contribution in [3.63, 3.8) is 0 Å². The summed E-state index contributed by atoms with van der Waals surface area (Å²) in [5.41, 5.74) is 1.66. The Hall–Kier alpha value is -1.95. The molecular weight excluding hydrogens is 250 g/mol. The van der Waals surface area contributed by atoms with E-state index in [4.69, 9.17) is 0 Å². The molecule has 0 bridgehead atoms. The minimum atomic E-state index is -3.14. The van der Waals surface area contributed by atoms with Gasteiger partial charge in [0.15, 0.2) is 9.84 Å². The first kappa shape index (κ1) is 12.5. The smallest absolute Gasteiger partial charge is 0.175 e. The van der Waals surface area contributed by atoms with Gasteiger partial charge in [0.2, 0.25) is 0 Å². The van der Waals surface area contributed by atoms with E-state index in [1.807, 2.05) is 12.1 Å². The van der Waals surface area contributed by atoms with Crippen LogP contribution in [0.25, 0.3) is 0 Å². The summed E-state index contributed by atoms with van der Waals surface area (Å²) in [5.74, 6) is 0. The van der Waals surface area contributed by atoms with E-state index in [2.05, 4.69) is 15.5 Å². The molecule has 0 aliphatic carbocycles. The van der Waals surface area contributed by atoms with E-state index in [0.717, 1.165) is 11.4 Å². The maximum atomic E-state index is 11.3. The highest BCUT2D eigenvalue weighted by atomic mass is 32.2. The van der Waals surface area contributed by atoms with Gasteiger partial charge in [-0.25, -0.2) is 8.42 Å². The fraction of sp³-hybridized carbons (Fsp3) is 0.167. The van der Waals surface area contributed by atoms with Crippen molar-refractivity contribution in [1.82, 2.24) is 10.2 Å². The van der Waals surface area contributed by atoms with Gasteiger partial charge in [-0.15, -0.1) is 0 Å². The number of benzene rings is 1. The molecule has 0 radical (unpaired) electrons. The van der Waals surface area contributed by atoms with Gasteiger partial charge in [-0.05, 0) is 36.4 Å². The third-order valence-corrected chi connectivity index (χ3v) is 3.51. The van der Waals surface area contributed by atoms with Crippen molar-refractivity contribution in [1.29, 1.82) is 0 Å². The third kappa shape index (κ3) is 3.27. The van der Waals surface area contributed by atoms with Gasteiger partial charge in [0.1, 0.15) is 0 Å². The maximum absolute atomic E-state index is 11.3. The Morgan fingerprint density at radius 2 is 1.89 bits per heavy atom. The predicted octanol–water partition coefficient (Wildman–Crippen LogP) is 1.49. The van der Waals surface area contributed by atoms with Crippen LogP contribution >= 0.6 is 0 Å². The zero-order valence-corrected chi connectivity index (χ0v) is 10.7. The second kappa shape index (κ2) is 5.14. The fourth-order valence-electron chi connectivity index (χ4n) is 1.44. The van der Waals surface area contributed by atoms with E-state index in [9.17, 15) is 8.42 Å². The molecule has 5 nitrogen and oxygen atoms in total. The van der Waals surface area contributed by atoms with E-state index in [-0.39, 0.29) is 0 Å². The molecule has 0 aliphatic heterocycles. The van der Waals surface area contributed by atoms with Crippen LogP contribution in [0.2, 0.25) is 0 Å². The molecule has 18 heavy (non-hydrogen) atoms. The van der Waals surface area contributed by atoms with Gasteiger partial charge in [-0.2, -0.15) is 10.2 Å². The number of rotatable bonds is 4. The first-order valence-electron chi connectivity index (χ1n) is 5.36. The number of nitrogens with one attached hydrogen (secondary N) is 1. The molecule has 0 atom stereocenters. The summed E-state index contributed by atoms with van der Waals surface area (Å²) in [6.07, 6.45) is 2.80. The molecule has 1 aromatic heterocycles. The van der Waals surface area contributed by atoms with Crippen LogP contribution in [0, 0.1) is 0 Å². The molecule has 2 rings (SSSR count). The van der Waals surface area contributed by atoms with E-state index < -0.39 is 9.84 Å². The summed E-state index contributed by atoms with van der Waals surface area (Å²) >= 11 is 0. The number of nitrogens with zero attached hydrogens (tertiary/aromatic N) is 2. The number of hydrogen-bond acceptors (Lipinski definition) is 5. The molecule has 0 unspecified atom stereocenters. The SMILES string of the molecule is CS(=O)(=O)c1ccc(NCc2cccnn2)cc1. The molecule has 1 heterocycles. The van der Waals surface area contributed by atoms with Crippen molar-refractivity contribution < 1.29 is 8.42 Å². The summed E-state index contributed by atoms with van der Waals surface area (Å²) in [7, 11) is -3.14. The van der Waals surface area contributed by atoms with Crippen LogP contribution in [0.5, 0.6) is 0 Å². The second-order valence-corrected chi connectivity index (χ2v) is 5.88. The Labute approximate surface area is 106 Å². The van der Waals surface area contributed by atoms with Crippen LogP contribution < -0.4 is 5.32 Å². The summed E-state index contributed by atoms with van der Waals surface area (Å²) in [5, 5.41) is 10.9. The monoisotopic (exact) mass is 263 g/mol. The lowest BCUT2D eigenvalue weighted by molar-refractivity contribution is 0.602. The summed E-state index contributed by atoms with van der Waals surface area (Å²) in [6.45, 7) is 0.548. The molecule has 0 aliphatic rings. The highest BCUT2D eigenvalue weighted by molar-refractivity contribution is 7.90. The number of anilines is 1. The Bertz CT molecular complexity index is 610. The molecule has 94 valence electrons. The third-order valence-electron chi connectivity index (χ3n) is 2.38. The Balaban J connectivity index is 2.03. The average Bonchev–Trinajstić information content (AvgIpc) is 2.37. The number of hydrogen-bond donors (Lipinski definition) is 1. The molecule has 1 aromatic carbocycles. The highest BCUT2D eigenvalue weighted by Crippen LogP contribution is 2.14. The molecule has 0 fully saturated rings. The van der Waals surface area contributed by atoms with Crippen molar-refractivity contribution in [2.24, 2.45) is 0 Å². The van der Waals surface area contributed by atoms with Crippen LogP contribution in [0.4, 0.5) is 5.69 Å². The largest absolute Gasteiger partial charge is 0.379 e. The summed E-state index contributed by atoms with van der Waals surface area (Å²) in [4.78, 5) is 0.313. The van der Waals surface area contributed by atoms with Gasteiger partial charge < -0.3 is 5.32 Å². The van der Waals surface area contributed by atoms with Crippen molar-refractivity contribution in [3.8, 4) is 0 Å². The number of sulfone groups is 1. The first-order chi connectivity index (χ1) is 8.55. The molecule has 0 saturated carbocycles. The molecule has 0 spiro atoms. The van der Waals surface area contributed by atoms with Crippen molar-refractivity contribution in [2.75, 3.05) is 11.6 Å². The molecule has 0 saturated heterocycles. The minimum Gasteiger partial charge on any atom is -0.379 e. The molecule has 6 heteroatoms. The van der Waals surface area contributed by atoms with Crippen LogP contribution in [0.15, 0.2) is 47.5 Å². The lowest BCUT2D eigenvalue weighted by Gasteiger charge is -2.06. The number of aromatic nitrogens is 2. The van der Waals surface area contributed by atoms with Gasteiger partial charge in [0, 0.05) is 18.1 Å². The molecule has 2 aromatic rings. The molecule has 1 N–H and O–H groups in total. The van der Waals surface area contributed by atoms with Gasteiger partial charge in [-0.3, -0.25) is 0 Å². The van der Waals surface area contributed by atoms with Crippen LogP contribution in [-0.2, 0) is 16.4 Å². The molecule has 0 amide bonds.